The first-order chi connectivity index (χ1) is 13.7. The van der Waals surface area contributed by atoms with Crippen LogP contribution in [0.1, 0.15) is 30.9 Å². The third-order valence-corrected chi connectivity index (χ3v) is 5.45. The number of β-amino-alcohol motifs (C(OH)–C–C–N with tert-alkyl or cyclic N) is 1. The van der Waals surface area contributed by atoms with Gasteiger partial charge in [-0.2, -0.15) is 0 Å². The summed E-state index contributed by atoms with van der Waals surface area (Å²) in [6.45, 7) is 8.26. The molecular formula is C22H37IN4O2. The van der Waals surface area contributed by atoms with Gasteiger partial charge >= 0.3 is 0 Å². The number of likely N-dealkylation sites (N-methyl/N-ethyl adjacent to an activating group) is 1. The van der Waals surface area contributed by atoms with Crippen LogP contribution in [0.4, 0.5) is 0 Å². The zero-order valence-corrected chi connectivity index (χ0v) is 20.2. The monoisotopic (exact) mass is 516 g/mol. The third kappa shape index (κ3) is 8.39. The number of aliphatic imine (C=N–C) groups is 1. The second-order valence-electron chi connectivity index (χ2n) is 8.04. The predicted octanol–water partition coefficient (Wildman–Crippen LogP) is 2.35. The molecule has 2 aliphatic rings. The lowest BCUT2D eigenvalue weighted by atomic mass is 10.00. The van der Waals surface area contributed by atoms with E-state index in [1.54, 1.807) is 0 Å². The minimum Gasteiger partial charge on any atom is -0.390 e. The zero-order chi connectivity index (χ0) is 19.8. The van der Waals surface area contributed by atoms with Gasteiger partial charge in [0.2, 0.25) is 0 Å². The maximum Gasteiger partial charge on any atom is 0.193 e. The molecule has 0 amide bonds. The molecule has 1 heterocycles. The Morgan fingerprint density at radius 3 is 2.83 bits per heavy atom. The molecule has 6 nitrogen and oxygen atoms in total. The van der Waals surface area contributed by atoms with E-state index in [4.69, 9.17) is 4.74 Å². The van der Waals surface area contributed by atoms with Crippen LogP contribution in [0.15, 0.2) is 29.3 Å². The van der Waals surface area contributed by atoms with Gasteiger partial charge < -0.3 is 20.1 Å². The minimum absolute atomic E-state index is 0. The summed E-state index contributed by atoms with van der Waals surface area (Å²) in [7, 11) is 2.02. The molecule has 1 aromatic rings. The van der Waals surface area contributed by atoms with Gasteiger partial charge in [-0.15, -0.1) is 24.0 Å². The van der Waals surface area contributed by atoms with Crippen molar-refractivity contribution in [2.75, 3.05) is 53.0 Å². The SMILES string of the molecule is CCNC(=NCC(O)CN1CCc2ccccc2C1)N(C)CCOCC1CC1.I. The molecule has 1 atom stereocenters. The van der Waals surface area contributed by atoms with Gasteiger partial charge in [-0.05, 0) is 43.2 Å². The van der Waals surface area contributed by atoms with Crippen molar-refractivity contribution in [2.45, 2.75) is 38.8 Å². The lowest BCUT2D eigenvalue weighted by Crippen LogP contribution is -2.42. The summed E-state index contributed by atoms with van der Waals surface area (Å²) in [5.74, 6) is 1.63. The Morgan fingerprint density at radius 1 is 1.34 bits per heavy atom. The number of hydrogen-bond donors (Lipinski definition) is 2. The van der Waals surface area contributed by atoms with E-state index in [-0.39, 0.29) is 24.0 Å². The highest BCUT2D eigenvalue weighted by Crippen LogP contribution is 2.28. The zero-order valence-electron chi connectivity index (χ0n) is 17.8. The van der Waals surface area contributed by atoms with Crippen molar-refractivity contribution in [3.63, 3.8) is 0 Å². The molecule has 0 bridgehead atoms. The van der Waals surface area contributed by atoms with Gasteiger partial charge in [0.15, 0.2) is 5.96 Å². The van der Waals surface area contributed by atoms with Gasteiger partial charge in [0, 0.05) is 46.4 Å². The van der Waals surface area contributed by atoms with Crippen molar-refractivity contribution in [3.8, 4) is 0 Å². The fourth-order valence-electron chi connectivity index (χ4n) is 3.57. The summed E-state index contributed by atoms with van der Waals surface area (Å²) in [6.07, 6.45) is 3.23. The number of nitrogens with zero attached hydrogens (tertiary/aromatic N) is 3. The Labute approximate surface area is 192 Å². The van der Waals surface area contributed by atoms with Crippen LogP contribution in [0.5, 0.6) is 0 Å². The first-order valence-electron chi connectivity index (χ1n) is 10.7. The predicted molar refractivity (Wildman–Crippen MR) is 129 cm³/mol. The Morgan fingerprint density at radius 2 is 2.10 bits per heavy atom. The first-order valence-corrected chi connectivity index (χ1v) is 10.7. The van der Waals surface area contributed by atoms with Crippen molar-refractivity contribution in [1.82, 2.24) is 15.1 Å². The number of aliphatic hydroxyl groups excluding tert-OH is 1. The normalized spacial score (nSPS) is 18.0. The van der Waals surface area contributed by atoms with Crippen LogP contribution in [-0.2, 0) is 17.7 Å². The third-order valence-electron chi connectivity index (χ3n) is 5.45. The number of rotatable bonds is 10. The number of aliphatic hydroxyl groups is 1. The number of nitrogens with one attached hydrogen (secondary N) is 1. The molecule has 29 heavy (non-hydrogen) atoms. The van der Waals surface area contributed by atoms with E-state index in [1.807, 2.05) is 7.05 Å². The molecule has 0 aromatic heterocycles. The highest BCUT2D eigenvalue weighted by Gasteiger charge is 2.21. The molecule has 1 fully saturated rings. The maximum atomic E-state index is 10.5. The lowest BCUT2D eigenvalue weighted by Gasteiger charge is -2.30. The van der Waals surface area contributed by atoms with Crippen LogP contribution in [0, 0.1) is 5.92 Å². The average Bonchev–Trinajstić information content (AvgIpc) is 3.52. The average molecular weight is 516 g/mol. The molecule has 1 aliphatic heterocycles. The Hall–Kier alpha value is -0.900. The van der Waals surface area contributed by atoms with Gasteiger partial charge in [-0.1, -0.05) is 24.3 Å². The number of halogens is 1. The molecule has 2 N–H and O–H groups in total. The first kappa shape index (κ1) is 24.4. The summed E-state index contributed by atoms with van der Waals surface area (Å²) < 4.78 is 5.73. The fraction of sp³-hybridized carbons (Fsp3) is 0.682. The van der Waals surface area contributed by atoms with Crippen molar-refractivity contribution >= 4 is 29.9 Å². The number of benzene rings is 1. The van der Waals surface area contributed by atoms with Crippen LogP contribution < -0.4 is 5.32 Å². The quantitative estimate of drug-likeness (QED) is 0.217. The molecule has 3 rings (SSSR count). The minimum atomic E-state index is -0.460. The highest BCUT2D eigenvalue weighted by molar-refractivity contribution is 14.0. The standard InChI is InChI=1S/C22H36N4O2.HI/c1-3-23-22(25(2)12-13-28-17-18-8-9-18)24-14-21(27)16-26-11-10-19-6-4-5-7-20(19)15-26;/h4-7,18,21,27H,3,8-17H2,1-2H3,(H,23,24);1H. The molecular weight excluding hydrogens is 479 g/mol. The molecule has 1 unspecified atom stereocenters. The summed E-state index contributed by atoms with van der Waals surface area (Å²) in [5.41, 5.74) is 2.81. The van der Waals surface area contributed by atoms with Crippen LogP contribution >= 0.6 is 24.0 Å². The summed E-state index contributed by atoms with van der Waals surface area (Å²) in [4.78, 5) is 9.06. The molecule has 7 heteroatoms. The smallest absolute Gasteiger partial charge is 0.193 e. The van der Waals surface area contributed by atoms with E-state index in [0.717, 1.165) is 51.1 Å². The number of fused-ring (bicyclic) bond motifs is 1. The molecule has 1 aromatic carbocycles. The van der Waals surface area contributed by atoms with E-state index >= 15 is 0 Å². The van der Waals surface area contributed by atoms with Crippen LogP contribution in [0.3, 0.4) is 0 Å². The largest absolute Gasteiger partial charge is 0.390 e. The van der Waals surface area contributed by atoms with Crippen molar-refractivity contribution in [2.24, 2.45) is 10.9 Å². The van der Waals surface area contributed by atoms with E-state index in [2.05, 4.69) is 51.3 Å². The molecule has 1 saturated carbocycles. The van der Waals surface area contributed by atoms with Gasteiger partial charge in [0.25, 0.3) is 0 Å². The number of guanidine groups is 1. The molecule has 164 valence electrons. The van der Waals surface area contributed by atoms with Crippen molar-refractivity contribution in [1.29, 1.82) is 0 Å². The second kappa shape index (κ2) is 12.7. The molecule has 1 aliphatic carbocycles. The summed E-state index contributed by atoms with van der Waals surface area (Å²) >= 11 is 0. The second-order valence-corrected chi connectivity index (χ2v) is 8.04. The van der Waals surface area contributed by atoms with Gasteiger partial charge in [0.1, 0.15) is 0 Å². The summed E-state index contributed by atoms with van der Waals surface area (Å²) in [5, 5.41) is 13.8. The highest BCUT2D eigenvalue weighted by atomic mass is 127. The number of hydrogen-bond acceptors (Lipinski definition) is 4. The molecule has 0 radical (unpaired) electrons. The van der Waals surface area contributed by atoms with E-state index in [0.29, 0.717) is 19.7 Å². The summed E-state index contributed by atoms with van der Waals surface area (Å²) in [6, 6.07) is 8.60. The van der Waals surface area contributed by atoms with Crippen LogP contribution in [0.2, 0.25) is 0 Å². The van der Waals surface area contributed by atoms with Crippen LogP contribution in [0.25, 0.3) is 0 Å². The van der Waals surface area contributed by atoms with Gasteiger partial charge in [-0.3, -0.25) is 9.89 Å². The van der Waals surface area contributed by atoms with Crippen molar-refractivity contribution in [3.05, 3.63) is 35.4 Å². The molecule has 0 saturated heterocycles. The maximum absolute atomic E-state index is 10.5. The topological polar surface area (TPSA) is 60.3 Å². The Balaban J connectivity index is 0.00000300. The lowest BCUT2D eigenvalue weighted by molar-refractivity contribution is 0.110. The van der Waals surface area contributed by atoms with Crippen molar-refractivity contribution < 1.29 is 9.84 Å². The van der Waals surface area contributed by atoms with Crippen LogP contribution in [-0.4, -0.2) is 80.0 Å². The fourth-order valence-corrected chi connectivity index (χ4v) is 3.57. The van der Waals surface area contributed by atoms with Gasteiger partial charge in [0.05, 0.1) is 19.3 Å². The van der Waals surface area contributed by atoms with E-state index in [1.165, 1.54) is 24.0 Å². The Kier molecular flexibility index (Phi) is 10.7. The van der Waals surface area contributed by atoms with E-state index < -0.39 is 6.10 Å². The molecule has 0 spiro atoms. The number of ether oxygens (including phenoxy) is 1. The van der Waals surface area contributed by atoms with E-state index in [9.17, 15) is 5.11 Å². The van der Waals surface area contributed by atoms with Gasteiger partial charge in [-0.25, -0.2) is 0 Å². The Bertz CT molecular complexity index is 639.